The Morgan fingerprint density at radius 2 is 1.97 bits per heavy atom. The van der Waals surface area contributed by atoms with Crippen molar-refractivity contribution in [3.63, 3.8) is 0 Å². The zero-order chi connectivity index (χ0) is 22.9. The summed E-state index contributed by atoms with van der Waals surface area (Å²) < 4.78 is 4.18. The number of rotatable bonds is 9. The second kappa shape index (κ2) is 9.25. The van der Waals surface area contributed by atoms with Gasteiger partial charge in [-0.1, -0.05) is 19.4 Å². The Balaban J connectivity index is 1.26. The molecule has 8 nitrogen and oxygen atoms in total. The summed E-state index contributed by atoms with van der Waals surface area (Å²) in [5.74, 6) is 3.18. The number of nitrogens with zero attached hydrogens (tertiary/aromatic N) is 5. The first-order valence-corrected chi connectivity index (χ1v) is 12.8. The van der Waals surface area contributed by atoms with Crippen molar-refractivity contribution in [2.75, 3.05) is 30.3 Å². The fraction of sp³-hybridized carbons (Fsp3) is 0.500. The lowest BCUT2D eigenvalue weighted by molar-refractivity contribution is 0.389. The van der Waals surface area contributed by atoms with Crippen LogP contribution in [0.4, 0.5) is 11.6 Å². The second-order valence-corrected chi connectivity index (χ2v) is 9.79. The largest absolute Gasteiger partial charge is 0.370 e. The summed E-state index contributed by atoms with van der Waals surface area (Å²) in [5.41, 5.74) is 5.57. The third-order valence-corrected chi connectivity index (χ3v) is 7.13. The number of nitrogens with one attached hydrogen (secondary N) is 3. The van der Waals surface area contributed by atoms with E-state index in [0.29, 0.717) is 18.4 Å². The highest BCUT2D eigenvalue weighted by Gasteiger charge is 2.28. The Kier molecular flexibility index (Phi) is 5.83. The number of imidazole rings is 1. The van der Waals surface area contributed by atoms with Crippen molar-refractivity contribution in [3.05, 3.63) is 53.6 Å². The highest BCUT2D eigenvalue weighted by Crippen LogP contribution is 2.42. The SMILES string of the molecule is CCCc1cccc2nc(CNc3cc(NCC4CCNCC4)nc4c(C5CC5)cnn34)cn12. The van der Waals surface area contributed by atoms with Gasteiger partial charge in [-0.05, 0) is 69.2 Å². The molecule has 1 aliphatic heterocycles. The van der Waals surface area contributed by atoms with Gasteiger partial charge in [-0.25, -0.2) is 9.97 Å². The van der Waals surface area contributed by atoms with E-state index in [1.54, 1.807) is 0 Å². The lowest BCUT2D eigenvalue weighted by Crippen LogP contribution is -2.31. The molecule has 5 heterocycles. The lowest BCUT2D eigenvalue weighted by atomic mass is 9.98. The number of aryl methyl sites for hydroxylation is 1. The summed E-state index contributed by atoms with van der Waals surface area (Å²) in [5, 5.41) is 15.4. The Hall–Kier alpha value is -3.13. The van der Waals surface area contributed by atoms with Crippen molar-refractivity contribution in [1.29, 1.82) is 0 Å². The number of anilines is 2. The van der Waals surface area contributed by atoms with Crippen molar-refractivity contribution in [1.82, 2.24) is 29.3 Å². The third kappa shape index (κ3) is 4.34. The molecule has 1 saturated heterocycles. The van der Waals surface area contributed by atoms with Gasteiger partial charge in [0.1, 0.15) is 17.3 Å². The quantitative estimate of drug-likeness (QED) is 0.348. The van der Waals surface area contributed by atoms with Crippen LogP contribution in [0.25, 0.3) is 11.3 Å². The van der Waals surface area contributed by atoms with E-state index in [1.807, 2.05) is 10.7 Å². The molecule has 2 aliphatic rings. The number of pyridine rings is 1. The van der Waals surface area contributed by atoms with Crippen molar-refractivity contribution < 1.29 is 0 Å². The summed E-state index contributed by atoms with van der Waals surface area (Å²) >= 11 is 0. The van der Waals surface area contributed by atoms with Crippen LogP contribution < -0.4 is 16.0 Å². The zero-order valence-electron chi connectivity index (χ0n) is 19.9. The number of hydrogen-bond acceptors (Lipinski definition) is 6. The highest BCUT2D eigenvalue weighted by atomic mass is 15.3. The first kappa shape index (κ1) is 21.4. The molecule has 2 fully saturated rings. The van der Waals surface area contributed by atoms with Crippen LogP contribution in [0.2, 0.25) is 0 Å². The molecule has 0 atom stereocenters. The minimum Gasteiger partial charge on any atom is -0.370 e. The van der Waals surface area contributed by atoms with E-state index in [9.17, 15) is 0 Å². The molecule has 3 N–H and O–H groups in total. The van der Waals surface area contributed by atoms with Crippen molar-refractivity contribution in [2.24, 2.45) is 5.92 Å². The molecule has 0 bridgehead atoms. The molecule has 4 aromatic heterocycles. The van der Waals surface area contributed by atoms with E-state index in [1.165, 1.54) is 36.9 Å². The average Bonchev–Trinajstić information content (AvgIpc) is 3.47. The second-order valence-electron chi connectivity index (χ2n) is 9.79. The van der Waals surface area contributed by atoms with Gasteiger partial charge in [0.2, 0.25) is 0 Å². The van der Waals surface area contributed by atoms with E-state index in [4.69, 9.17) is 15.1 Å². The molecule has 0 unspecified atom stereocenters. The van der Waals surface area contributed by atoms with E-state index in [-0.39, 0.29) is 0 Å². The van der Waals surface area contributed by atoms with E-state index < -0.39 is 0 Å². The van der Waals surface area contributed by atoms with E-state index >= 15 is 0 Å². The monoisotopic (exact) mass is 458 g/mol. The number of aromatic nitrogens is 5. The molecule has 1 aliphatic carbocycles. The first-order valence-electron chi connectivity index (χ1n) is 12.8. The Bertz CT molecular complexity index is 1280. The Morgan fingerprint density at radius 1 is 1.09 bits per heavy atom. The van der Waals surface area contributed by atoms with Gasteiger partial charge >= 0.3 is 0 Å². The zero-order valence-corrected chi connectivity index (χ0v) is 19.9. The molecule has 0 spiro atoms. The maximum absolute atomic E-state index is 4.98. The summed E-state index contributed by atoms with van der Waals surface area (Å²) in [7, 11) is 0. The number of piperidine rings is 1. The normalized spacial score (nSPS) is 17.0. The van der Waals surface area contributed by atoms with Crippen LogP contribution in [-0.2, 0) is 13.0 Å². The number of hydrogen-bond donors (Lipinski definition) is 3. The predicted molar refractivity (Wildman–Crippen MR) is 136 cm³/mol. The molecule has 8 heteroatoms. The molecule has 0 radical (unpaired) electrons. The molecular weight excluding hydrogens is 424 g/mol. The van der Waals surface area contributed by atoms with Gasteiger partial charge in [-0.15, -0.1) is 0 Å². The fourth-order valence-electron chi connectivity index (χ4n) is 5.06. The highest BCUT2D eigenvalue weighted by molar-refractivity contribution is 5.61. The van der Waals surface area contributed by atoms with Gasteiger partial charge in [0.15, 0.2) is 5.65 Å². The summed E-state index contributed by atoms with van der Waals surface area (Å²) in [6, 6.07) is 8.45. The summed E-state index contributed by atoms with van der Waals surface area (Å²) in [6.07, 6.45) is 11.2. The van der Waals surface area contributed by atoms with Crippen molar-refractivity contribution in [2.45, 2.75) is 57.9 Å². The molecule has 178 valence electrons. The van der Waals surface area contributed by atoms with Crippen LogP contribution >= 0.6 is 0 Å². The van der Waals surface area contributed by atoms with Gasteiger partial charge < -0.3 is 20.4 Å². The Morgan fingerprint density at radius 3 is 2.79 bits per heavy atom. The fourth-order valence-corrected chi connectivity index (χ4v) is 5.06. The predicted octanol–water partition coefficient (Wildman–Crippen LogP) is 4.23. The Labute approximate surface area is 200 Å². The van der Waals surface area contributed by atoms with Crippen LogP contribution in [0, 0.1) is 5.92 Å². The minimum absolute atomic E-state index is 0.605. The van der Waals surface area contributed by atoms with Crippen LogP contribution in [0.15, 0.2) is 36.7 Å². The van der Waals surface area contributed by atoms with Crippen LogP contribution in [-0.4, -0.2) is 43.6 Å². The number of fused-ring (bicyclic) bond motifs is 2. The molecule has 0 aromatic carbocycles. The standard InChI is InChI=1S/C26H34N8/c1-2-4-21-5-3-6-24-31-20(17-33(21)24)15-29-25-13-23(28-14-18-9-11-27-12-10-18)32-26-22(19-7-8-19)16-30-34(25)26/h3,5-6,13,16-19,27,29H,2,4,7-12,14-15H2,1H3,(H,28,32). The van der Waals surface area contributed by atoms with Gasteiger partial charge in [-0.2, -0.15) is 9.61 Å². The summed E-state index contributed by atoms with van der Waals surface area (Å²) in [6.45, 7) is 6.03. The average molecular weight is 459 g/mol. The topological polar surface area (TPSA) is 83.6 Å². The summed E-state index contributed by atoms with van der Waals surface area (Å²) in [4.78, 5) is 9.83. The van der Waals surface area contributed by atoms with E-state index in [2.05, 4.69) is 57.7 Å². The smallest absolute Gasteiger partial charge is 0.163 e. The first-order chi connectivity index (χ1) is 16.8. The van der Waals surface area contributed by atoms with Crippen molar-refractivity contribution >= 4 is 22.9 Å². The van der Waals surface area contributed by atoms with E-state index in [0.717, 1.165) is 61.1 Å². The third-order valence-electron chi connectivity index (χ3n) is 7.13. The van der Waals surface area contributed by atoms with Crippen LogP contribution in [0.5, 0.6) is 0 Å². The van der Waals surface area contributed by atoms with Crippen LogP contribution in [0.1, 0.15) is 61.9 Å². The van der Waals surface area contributed by atoms with Gasteiger partial charge in [0.25, 0.3) is 0 Å². The van der Waals surface area contributed by atoms with Crippen LogP contribution in [0.3, 0.4) is 0 Å². The van der Waals surface area contributed by atoms with Gasteiger partial charge in [-0.3, -0.25) is 0 Å². The molecule has 0 amide bonds. The maximum Gasteiger partial charge on any atom is 0.163 e. The van der Waals surface area contributed by atoms with Gasteiger partial charge in [0.05, 0.1) is 18.4 Å². The molecule has 34 heavy (non-hydrogen) atoms. The van der Waals surface area contributed by atoms with Crippen molar-refractivity contribution in [3.8, 4) is 0 Å². The molecular formula is C26H34N8. The lowest BCUT2D eigenvalue weighted by Gasteiger charge is -2.23. The maximum atomic E-state index is 4.98. The van der Waals surface area contributed by atoms with Gasteiger partial charge in [0, 0.05) is 30.1 Å². The minimum atomic E-state index is 0.605. The molecule has 4 aromatic rings. The molecule has 6 rings (SSSR count). The molecule has 1 saturated carbocycles.